The molecule has 0 aromatic carbocycles. The van der Waals surface area contributed by atoms with Crippen LogP contribution in [-0.4, -0.2) is 29.5 Å². The van der Waals surface area contributed by atoms with Gasteiger partial charge in [0, 0.05) is 19.2 Å². The van der Waals surface area contributed by atoms with Gasteiger partial charge in [-0.2, -0.15) is 0 Å². The second kappa shape index (κ2) is 5.31. The number of carbonyl (C=O) groups excluding carboxylic acids is 1. The Morgan fingerprint density at radius 2 is 2.54 bits per heavy atom. The summed E-state index contributed by atoms with van der Waals surface area (Å²) in [6, 6.07) is 0. The van der Waals surface area contributed by atoms with E-state index >= 15 is 0 Å². The lowest BCUT2D eigenvalue weighted by molar-refractivity contribution is -0.121. The van der Waals surface area contributed by atoms with Crippen LogP contribution in [-0.2, 0) is 11.3 Å². The van der Waals surface area contributed by atoms with E-state index in [-0.39, 0.29) is 5.91 Å². The van der Waals surface area contributed by atoms with Gasteiger partial charge in [0.15, 0.2) is 0 Å². The number of imidazole rings is 1. The maximum absolute atomic E-state index is 11.1. The monoisotopic (exact) mass is 182 g/mol. The van der Waals surface area contributed by atoms with Crippen LogP contribution in [0.1, 0.15) is 12.1 Å². The smallest absolute Gasteiger partial charge is 0.221 e. The summed E-state index contributed by atoms with van der Waals surface area (Å²) in [5.74, 6) is 0.0453. The molecule has 5 heteroatoms. The SMILES string of the molecule is CNCCC(=O)NCc1cnc[nH]1. The summed E-state index contributed by atoms with van der Waals surface area (Å²) in [6.45, 7) is 1.22. The molecule has 1 aromatic rings. The number of carbonyl (C=O) groups is 1. The minimum Gasteiger partial charge on any atom is -0.350 e. The Kier molecular flexibility index (Phi) is 3.98. The second-order valence-corrected chi connectivity index (χ2v) is 2.71. The van der Waals surface area contributed by atoms with Crippen molar-refractivity contribution in [2.24, 2.45) is 0 Å². The van der Waals surface area contributed by atoms with E-state index in [4.69, 9.17) is 0 Å². The molecular weight excluding hydrogens is 168 g/mol. The van der Waals surface area contributed by atoms with Gasteiger partial charge < -0.3 is 15.6 Å². The van der Waals surface area contributed by atoms with Gasteiger partial charge in [-0.05, 0) is 7.05 Å². The van der Waals surface area contributed by atoms with Crippen LogP contribution in [0.3, 0.4) is 0 Å². The van der Waals surface area contributed by atoms with Crippen molar-refractivity contribution in [2.45, 2.75) is 13.0 Å². The fraction of sp³-hybridized carbons (Fsp3) is 0.500. The van der Waals surface area contributed by atoms with Gasteiger partial charge in [-0.3, -0.25) is 4.79 Å². The van der Waals surface area contributed by atoms with E-state index in [1.807, 2.05) is 7.05 Å². The number of hydrogen-bond acceptors (Lipinski definition) is 3. The zero-order valence-corrected chi connectivity index (χ0v) is 7.63. The Balaban J connectivity index is 2.15. The third-order valence-electron chi connectivity index (χ3n) is 1.63. The van der Waals surface area contributed by atoms with Crippen LogP contribution in [0.2, 0.25) is 0 Å². The van der Waals surface area contributed by atoms with E-state index in [9.17, 15) is 4.79 Å². The molecule has 0 aliphatic carbocycles. The summed E-state index contributed by atoms with van der Waals surface area (Å²) >= 11 is 0. The molecule has 0 radical (unpaired) electrons. The highest BCUT2D eigenvalue weighted by atomic mass is 16.1. The van der Waals surface area contributed by atoms with E-state index < -0.39 is 0 Å². The molecule has 0 unspecified atom stereocenters. The topological polar surface area (TPSA) is 69.8 Å². The predicted molar refractivity (Wildman–Crippen MR) is 49.0 cm³/mol. The highest BCUT2D eigenvalue weighted by Gasteiger charge is 1.99. The van der Waals surface area contributed by atoms with Gasteiger partial charge in [0.25, 0.3) is 0 Å². The highest BCUT2D eigenvalue weighted by Crippen LogP contribution is 1.89. The van der Waals surface area contributed by atoms with Crippen molar-refractivity contribution >= 4 is 5.91 Å². The Labute approximate surface area is 76.9 Å². The van der Waals surface area contributed by atoms with E-state index in [2.05, 4.69) is 20.6 Å². The van der Waals surface area contributed by atoms with E-state index in [1.54, 1.807) is 12.5 Å². The Bertz CT molecular complexity index is 245. The lowest BCUT2D eigenvalue weighted by Crippen LogP contribution is -2.26. The fourth-order valence-electron chi connectivity index (χ4n) is 0.902. The molecule has 3 N–H and O–H groups in total. The molecule has 0 fully saturated rings. The lowest BCUT2D eigenvalue weighted by Gasteiger charge is -2.02. The number of rotatable bonds is 5. The molecule has 0 atom stereocenters. The number of nitrogens with zero attached hydrogens (tertiary/aromatic N) is 1. The zero-order valence-electron chi connectivity index (χ0n) is 7.63. The van der Waals surface area contributed by atoms with Gasteiger partial charge in [0.2, 0.25) is 5.91 Å². The van der Waals surface area contributed by atoms with Crippen LogP contribution in [0, 0.1) is 0 Å². The summed E-state index contributed by atoms with van der Waals surface area (Å²) in [7, 11) is 1.82. The van der Waals surface area contributed by atoms with Gasteiger partial charge in [-0.15, -0.1) is 0 Å². The molecular formula is C8H14N4O. The summed E-state index contributed by atoms with van der Waals surface area (Å²) < 4.78 is 0. The molecule has 1 heterocycles. The summed E-state index contributed by atoms with van der Waals surface area (Å²) in [6.07, 6.45) is 3.79. The van der Waals surface area contributed by atoms with Crippen molar-refractivity contribution in [3.05, 3.63) is 18.2 Å². The average Bonchev–Trinajstić information content (AvgIpc) is 2.64. The van der Waals surface area contributed by atoms with Crippen molar-refractivity contribution in [1.82, 2.24) is 20.6 Å². The van der Waals surface area contributed by atoms with Crippen molar-refractivity contribution in [1.29, 1.82) is 0 Å². The molecule has 0 aliphatic rings. The molecule has 0 saturated carbocycles. The third kappa shape index (κ3) is 3.71. The Morgan fingerprint density at radius 3 is 3.15 bits per heavy atom. The largest absolute Gasteiger partial charge is 0.350 e. The van der Waals surface area contributed by atoms with Crippen LogP contribution < -0.4 is 10.6 Å². The third-order valence-corrected chi connectivity index (χ3v) is 1.63. The first-order chi connectivity index (χ1) is 6.33. The molecule has 72 valence electrons. The minimum atomic E-state index is 0.0453. The summed E-state index contributed by atoms with van der Waals surface area (Å²) in [4.78, 5) is 17.9. The number of hydrogen-bond donors (Lipinski definition) is 3. The van der Waals surface area contributed by atoms with Gasteiger partial charge in [-0.1, -0.05) is 0 Å². The standard InChI is InChI=1S/C8H14N4O/c1-9-3-2-8(13)11-5-7-4-10-6-12-7/h4,6,9H,2-3,5H2,1H3,(H,10,12)(H,11,13). The van der Waals surface area contributed by atoms with Crippen LogP contribution in [0.25, 0.3) is 0 Å². The van der Waals surface area contributed by atoms with Crippen molar-refractivity contribution in [3.63, 3.8) is 0 Å². The van der Waals surface area contributed by atoms with Crippen molar-refractivity contribution in [3.8, 4) is 0 Å². The first-order valence-corrected chi connectivity index (χ1v) is 4.21. The van der Waals surface area contributed by atoms with Crippen LogP contribution in [0.15, 0.2) is 12.5 Å². The van der Waals surface area contributed by atoms with E-state index in [0.29, 0.717) is 19.5 Å². The number of aromatic nitrogens is 2. The van der Waals surface area contributed by atoms with Crippen LogP contribution in [0.5, 0.6) is 0 Å². The Morgan fingerprint density at radius 1 is 1.69 bits per heavy atom. The first-order valence-electron chi connectivity index (χ1n) is 4.21. The molecule has 1 rings (SSSR count). The average molecular weight is 182 g/mol. The fourth-order valence-corrected chi connectivity index (χ4v) is 0.902. The van der Waals surface area contributed by atoms with E-state index in [0.717, 1.165) is 5.69 Å². The molecule has 0 bridgehead atoms. The maximum atomic E-state index is 11.1. The predicted octanol–water partition coefficient (Wildman–Crippen LogP) is -0.365. The van der Waals surface area contributed by atoms with Crippen LogP contribution >= 0.6 is 0 Å². The summed E-state index contributed by atoms with van der Waals surface area (Å²) in [5.41, 5.74) is 0.915. The maximum Gasteiger partial charge on any atom is 0.221 e. The normalized spacial score (nSPS) is 9.92. The number of nitrogens with one attached hydrogen (secondary N) is 3. The molecule has 1 amide bonds. The van der Waals surface area contributed by atoms with Gasteiger partial charge >= 0.3 is 0 Å². The number of aromatic amines is 1. The highest BCUT2D eigenvalue weighted by molar-refractivity contribution is 5.75. The zero-order chi connectivity index (χ0) is 9.52. The van der Waals surface area contributed by atoms with Crippen molar-refractivity contribution in [2.75, 3.05) is 13.6 Å². The van der Waals surface area contributed by atoms with Crippen molar-refractivity contribution < 1.29 is 4.79 Å². The lowest BCUT2D eigenvalue weighted by atomic mass is 10.4. The van der Waals surface area contributed by atoms with Crippen LogP contribution in [0.4, 0.5) is 0 Å². The molecule has 5 nitrogen and oxygen atoms in total. The quantitative estimate of drug-likeness (QED) is 0.582. The number of H-pyrrole nitrogens is 1. The Hall–Kier alpha value is -1.36. The molecule has 13 heavy (non-hydrogen) atoms. The molecule has 0 saturated heterocycles. The van der Waals surface area contributed by atoms with E-state index in [1.165, 1.54) is 0 Å². The second-order valence-electron chi connectivity index (χ2n) is 2.71. The minimum absolute atomic E-state index is 0.0453. The van der Waals surface area contributed by atoms with Gasteiger partial charge in [-0.25, -0.2) is 4.98 Å². The number of amides is 1. The molecule has 1 aromatic heterocycles. The first kappa shape index (κ1) is 9.73. The molecule has 0 aliphatic heterocycles. The molecule has 0 spiro atoms. The van der Waals surface area contributed by atoms with Gasteiger partial charge in [0.05, 0.1) is 18.6 Å². The van der Waals surface area contributed by atoms with Gasteiger partial charge in [0.1, 0.15) is 0 Å². The summed E-state index contributed by atoms with van der Waals surface area (Å²) in [5, 5.41) is 5.68.